The van der Waals surface area contributed by atoms with Crippen LogP contribution >= 0.6 is 11.6 Å². The van der Waals surface area contributed by atoms with Gasteiger partial charge in [0.1, 0.15) is 11.4 Å². The first-order chi connectivity index (χ1) is 27.0. The molecule has 10 nitrogen and oxygen atoms in total. The molecular formula is C44H61ClN4O6S. The number of aryl methyl sites for hydroxylation is 1. The molecule has 306 valence electrons. The maximum atomic E-state index is 14.1. The van der Waals surface area contributed by atoms with Gasteiger partial charge in [-0.05, 0) is 111 Å². The lowest BCUT2D eigenvalue weighted by Crippen LogP contribution is -2.60. The Balaban J connectivity index is 1.14. The van der Waals surface area contributed by atoms with E-state index in [2.05, 4.69) is 56.5 Å². The number of nitrogens with one attached hydrogen (secondary N) is 1. The van der Waals surface area contributed by atoms with Gasteiger partial charge in [-0.3, -0.25) is 19.3 Å². The summed E-state index contributed by atoms with van der Waals surface area (Å²) in [5.41, 5.74) is 3.24. The van der Waals surface area contributed by atoms with E-state index in [0.29, 0.717) is 43.8 Å². The fraction of sp³-hybridized carbons (Fsp3) is 0.636. The van der Waals surface area contributed by atoms with E-state index < -0.39 is 15.3 Å². The zero-order valence-corrected chi connectivity index (χ0v) is 35.1. The first-order valence-electron chi connectivity index (χ1n) is 20.8. The summed E-state index contributed by atoms with van der Waals surface area (Å²) in [5.74, 6) is 5.15. The lowest BCUT2D eigenvalue weighted by Gasteiger charge is -2.52. The molecule has 56 heavy (non-hydrogen) atoms. The van der Waals surface area contributed by atoms with Crippen molar-refractivity contribution in [3.8, 4) is 5.75 Å². The molecule has 2 aromatic carbocycles. The van der Waals surface area contributed by atoms with Crippen molar-refractivity contribution in [2.24, 2.45) is 17.8 Å². The quantitative estimate of drug-likeness (QED) is 0.313. The van der Waals surface area contributed by atoms with Gasteiger partial charge in [0.25, 0.3) is 5.91 Å². The zero-order chi connectivity index (χ0) is 39.1. The standard InChI is InChI=1S/C44H61ClN4O6S/c1-31-7-5-16-44(52-3,29-47-17-19-48(20-18-47)37-26-53-21-22-54-27-37)39-12-9-35(39)25-49-28-43(15-6-8-33-23-36(45)11-13-38(33)43)30-55-41-14-10-34(24-40(41)49)42(50)46-56(4,51)32(31)2/h5,10-11,13-14,16,23-24,31-32,35,37,39H,4,6-9,12,15,17-22,25-30H2,1-3H3,(H,46,50,51)/b16-5+/t31-,32+,35-,39+,43-,44+,56?/m0/s1. The highest BCUT2D eigenvalue weighted by molar-refractivity contribution is 7.99. The number of rotatable bonds is 4. The second kappa shape index (κ2) is 16.5. The number of hydrogen-bond donors (Lipinski definition) is 1. The number of carbonyl (C=O) groups is 1. The number of anilines is 1. The van der Waals surface area contributed by atoms with Crippen LogP contribution < -0.4 is 14.4 Å². The average Bonchev–Trinajstić information content (AvgIpc) is 3.54. The van der Waals surface area contributed by atoms with E-state index in [1.54, 1.807) is 6.07 Å². The van der Waals surface area contributed by atoms with Gasteiger partial charge in [0.05, 0.1) is 54.5 Å². The summed E-state index contributed by atoms with van der Waals surface area (Å²) >= 11 is 6.54. The Kier molecular flexibility index (Phi) is 11.9. The molecule has 12 heteroatoms. The second-order valence-electron chi connectivity index (χ2n) is 17.5. The first kappa shape index (κ1) is 40.2. The molecular weight excluding hydrogens is 748 g/mol. The molecule has 6 aliphatic rings. The molecule has 4 aliphatic heterocycles. The highest BCUT2D eigenvalue weighted by atomic mass is 35.5. The highest BCUT2D eigenvalue weighted by Crippen LogP contribution is 2.49. The normalized spacial score (nSPS) is 35.6. The Morgan fingerprint density at radius 2 is 1.84 bits per heavy atom. The Labute approximate surface area is 339 Å². The van der Waals surface area contributed by atoms with E-state index in [1.807, 2.05) is 32.2 Å². The maximum Gasteiger partial charge on any atom is 0.262 e. The molecule has 3 fully saturated rings. The smallest absolute Gasteiger partial charge is 0.262 e. The van der Waals surface area contributed by atoms with E-state index in [9.17, 15) is 9.00 Å². The van der Waals surface area contributed by atoms with E-state index in [-0.39, 0.29) is 28.4 Å². The highest BCUT2D eigenvalue weighted by Gasteiger charge is 2.50. The molecule has 1 N–H and O–H groups in total. The average molecular weight is 810 g/mol. The summed E-state index contributed by atoms with van der Waals surface area (Å²) in [6.07, 6.45) is 10.5. The first-order valence-corrected chi connectivity index (χ1v) is 23.0. The lowest BCUT2D eigenvalue weighted by atomic mass is 9.63. The van der Waals surface area contributed by atoms with Gasteiger partial charge in [-0.15, -0.1) is 0 Å². The molecule has 2 aromatic rings. The van der Waals surface area contributed by atoms with E-state index >= 15 is 0 Å². The maximum absolute atomic E-state index is 14.1. The molecule has 2 bridgehead atoms. The number of halogens is 1. The van der Waals surface area contributed by atoms with E-state index in [0.717, 1.165) is 108 Å². The molecule has 1 spiro atoms. The molecule has 1 amide bonds. The van der Waals surface area contributed by atoms with Gasteiger partial charge in [-0.25, -0.2) is 4.21 Å². The van der Waals surface area contributed by atoms with Crippen molar-refractivity contribution in [1.29, 1.82) is 0 Å². The van der Waals surface area contributed by atoms with Crippen LogP contribution in [-0.2, 0) is 35.8 Å². The van der Waals surface area contributed by atoms with Crippen LogP contribution in [0.5, 0.6) is 5.75 Å². The Morgan fingerprint density at radius 1 is 1.05 bits per heavy atom. The monoisotopic (exact) mass is 808 g/mol. The number of methoxy groups -OCH3 is 1. The lowest BCUT2D eigenvalue weighted by molar-refractivity contribution is -0.0974. The van der Waals surface area contributed by atoms with Gasteiger partial charge in [0, 0.05) is 74.2 Å². The zero-order valence-electron chi connectivity index (χ0n) is 33.5. The molecule has 2 saturated heterocycles. The fourth-order valence-electron chi connectivity index (χ4n) is 10.4. The van der Waals surface area contributed by atoms with Gasteiger partial charge in [0.15, 0.2) is 0 Å². The molecule has 8 rings (SSSR count). The number of fused-ring (bicyclic) bond motifs is 4. The van der Waals surface area contributed by atoms with Gasteiger partial charge < -0.3 is 23.8 Å². The Morgan fingerprint density at radius 3 is 2.57 bits per heavy atom. The molecule has 0 aromatic heterocycles. The number of piperazine rings is 1. The topological polar surface area (TPSA) is 92.8 Å². The molecule has 0 radical (unpaired) electrons. The van der Waals surface area contributed by atoms with Gasteiger partial charge in [-0.1, -0.05) is 36.7 Å². The Bertz CT molecular complexity index is 1880. The van der Waals surface area contributed by atoms with Crippen LogP contribution in [0.25, 0.3) is 0 Å². The van der Waals surface area contributed by atoms with Crippen LogP contribution in [0.2, 0.25) is 5.02 Å². The summed E-state index contributed by atoms with van der Waals surface area (Å²) in [5, 5.41) is 0.419. The van der Waals surface area contributed by atoms with Crippen molar-refractivity contribution in [2.45, 2.75) is 74.7 Å². The van der Waals surface area contributed by atoms with E-state index in [1.165, 1.54) is 11.1 Å². The molecule has 4 heterocycles. The predicted octanol–water partition coefficient (Wildman–Crippen LogP) is 5.60. The minimum Gasteiger partial charge on any atom is -0.490 e. The molecule has 7 atom stereocenters. The third-order valence-electron chi connectivity index (χ3n) is 14.1. The van der Waals surface area contributed by atoms with Crippen molar-refractivity contribution >= 4 is 38.8 Å². The second-order valence-corrected chi connectivity index (χ2v) is 20.3. The number of benzene rings is 2. The van der Waals surface area contributed by atoms with Crippen molar-refractivity contribution < 1.29 is 28.0 Å². The van der Waals surface area contributed by atoms with E-state index in [4.69, 9.17) is 30.5 Å². The number of hydrogen-bond acceptors (Lipinski definition) is 9. The van der Waals surface area contributed by atoms with Crippen LogP contribution in [0.15, 0.2) is 48.6 Å². The third-order valence-corrected chi connectivity index (χ3v) is 16.6. The number of ether oxygens (including phenoxy) is 4. The van der Waals surface area contributed by atoms with Crippen LogP contribution in [0.3, 0.4) is 0 Å². The third kappa shape index (κ3) is 8.03. The molecule has 1 saturated carbocycles. The number of amides is 1. The van der Waals surface area contributed by atoms with Crippen LogP contribution in [0, 0.1) is 17.8 Å². The molecule has 2 aliphatic carbocycles. The largest absolute Gasteiger partial charge is 0.490 e. The number of carbonyl (C=O) groups excluding carboxylic acids is 1. The van der Waals surface area contributed by atoms with Crippen molar-refractivity contribution in [3.05, 3.63) is 70.3 Å². The number of nitrogens with zero attached hydrogens (tertiary/aromatic N) is 3. The van der Waals surface area contributed by atoms with Crippen LogP contribution in [-0.4, -0.2) is 129 Å². The summed E-state index contributed by atoms with van der Waals surface area (Å²) in [6, 6.07) is 12.3. The Hall–Kier alpha value is -2.64. The minimum atomic E-state index is -2.97. The van der Waals surface area contributed by atoms with Crippen molar-refractivity contribution in [3.63, 3.8) is 0 Å². The summed E-state index contributed by atoms with van der Waals surface area (Å²) in [4.78, 5) is 21.5. The van der Waals surface area contributed by atoms with Crippen LogP contribution in [0.4, 0.5) is 5.69 Å². The van der Waals surface area contributed by atoms with Crippen LogP contribution in [0.1, 0.15) is 67.4 Å². The number of allylic oxidation sites excluding steroid dienone is 1. The van der Waals surface area contributed by atoms with Crippen molar-refractivity contribution in [2.75, 3.05) is 90.9 Å². The SMILES string of the molecule is C=S1(=O)NC(=O)c2ccc3c(c2)N(C[C@@H]2CC[C@H]2[C@@](CN2CCN(C4COCCOC4)CC2)(OC)/C=C/C[C@H](C)[C@H]1C)C[C@@]1(CCCc2cc(Cl)ccc21)CO3. The summed E-state index contributed by atoms with van der Waals surface area (Å²) in [7, 11) is -1.08. The summed E-state index contributed by atoms with van der Waals surface area (Å²) in [6.45, 7) is 13.6. The van der Waals surface area contributed by atoms with Crippen molar-refractivity contribution in [1.82, 2.24) is 14.5 Å². The fourth-order valence-corrected chi connectivity index (χ4v) is 12.0. The minimum absolute atomic E-state index is 0.0177. The van der Waals surface area contributed by atoms with Gasteiger partial charge in [-0.2, -0.15) is 0 Å². The summed E-state index contributed by atoms with van der Waals surface area (Å²) < 4.78 is 42.2. The van der Waals surface area contributed by atoms with Gasteiger partial charge >= 0.3 is 0 Å². The van der Waals surface area contributed by atoms with Gasteiger partial charge in [0.2, 0.25) is 0 Å². The molecule has 1 unspecified atom stereocenters. The predicted molar refractivity (Wildman–Crippen MR) is 225 cm³/mol.